The van der Waals surface area contributed by atoms with Gasteiger partial charge in [0.15, 0.2) is 12.1 Å². The molecule has 0 bridgehead atoms. The summed E-state index contributed by atoms with van der Waals surface area (Å²) in [4.78, 5) is 0. The van der Waals surface area contributed by atoms with Crippen molar-refractivity contribution in [1.82, 2.24) is 0 Å². The lowest BCUT2D eigenvalue weighted by Crippen LogP contribution is -2.42. The lowest BCUT2D eigenvalue weighted by atomic mass is 10.1. The Morgan fingerprint density at radius 2 is 2.00 bits per heavy atom. The van der Waals surface area contributed by atoms with E-state index in [4.69, 9.17) is 19.3 Å². The zero-order valence-corrected chi connectivity index (χ0v) is 8.66. The van der Waals surface area contributed by atoms with E-state index in [-0.39, 0.29) is 0 Å². The Balaban J connectivity index is 2.05. The van der Waals surface area contributed by atoms with Crippen molar-refractivity contribution in [2.75, 3.05) is 6.61 Å². The molecule has 2 rings (SSSR count). The number of aliphatic hydroxyl groups excluding tert-OH is 3. The van der Waals surface area contributed by atoms with Gasteiger partial charge in [-0.3, -0.25) is 0 Å². The van der Waals surface area contributed by atoms with Crippen molar-refractivity contribution in [3.05, 3.63) is 0 Å². The molecule has 0 aliphatic carbocycles. The highest BCUT2D eigenvalue weighted by molar-refractivity contribution is 4.95. The SMILES string of the molecule is CC1(C)OC2[C@H](O[C@H](C(O)CO)[C@H]2O)O1. The maximum atomic E-state index is 9.79. The fraction of sp³-hybridized carbons (Fsp3) is 1.00. The maximum Gasteiger partial charge on any atom is 0.190 e. The van der Waals surface area contributed by atoms with Gasteiger partial charge in [-0.2, -0.15) is 0 Å². The molecule has 0 aromatic carbocycles. The molecule has 0 amide bonds. The summed E-state index contributed by atoms with van der Waals surface area (Å²) in [7, 11) is 0. The molecule has 0 aromatic heterocycles. The van der Waals surface area contributed by atoms with Crippen LogP contribution in [0.1, 0.15) is 13.8 Å². The van der Waals surface area contributed by atoms with Crippen molar-refractivity contribution in [3.63, 3.8) is 0 Å². The molecule has 2 unspecified atom stereocenters. The van der Waals surface area contributed by atoms with Gasteiger partial charge in [0.2, 0.25) is 0 Å². The zero-order chi connectivity index (χ0) is 11.2. The largest absolute Gasteiger partial charge is 0.394 e. The fourth-order valence-corrected chi connectivity index (χ4v) is 1.94. The van der Waals surface area contributed by atoms with Crippen LogP contribution in [0.2, 0.25) is 0 Å². The molecule has 6 nitrogen and oxygen atoms in total. The predicted octanol–water partition coefficient (Wildman–Crippen LogP) is -1.42. The molecule has 2 aliphatic heterocycles. The Labute approximate surface area is 87.4 Å². The van der Waals surface area contributed by atoms with Crippen molar-refractivity contribution in [2.24, 2.45) is 0 Å². The van der Waals surface area contributed by atoms with Crippen molar-refractivity contribution in [3.8, 4) is 0 Å². The number of aliphatic hydroxyl groups is 3. The first-order valence-corrected chi connectivity index (χ1v) is 4.93. The average molecular weight is 220 g/mol. The smallest absolute Gasteiger partial charge is 0.190 e. The van der Waals surface area contributed by atoms with E-state index in [9.17, 15) is 10.2 Å². The summed E-state index contributed by atoms with van der Waals surface area (Å²) >= 11 is 0. The van der Waals surface area contributed by atoms with Gasteiger partial charge in [-0.1, -0.05) is 0 Å². The first-order chi connectivity index (χ1) is 6.94. The molecule has 5 atom stereocenters. The van der Waals surface area contributed by atoms with E-state index < -0.39 is 43.1 Å². The molecule has 15 heavy (non-hydrogen) atoms. The molecule has 3 N–H and O–H groups in total. The van der Waals surface area contributed by atoms with Gasteiger partial charge in [-0.25, -0.2) is 0 Å². The van der Waals surface area contributed by atoms with Crippen molar-refractivity contribution >= 4 is 0 Å². The van der Waals surface area contributed by atoms with Gasteiger partial charge in [-0.15, -0.1) is 0 Å². The summed E-state index contributed by atoms with van der Waals surface area (Å²) in [6.07, 6.45) is -4.26. The molecule has 2 heterocycles. The average Bonchev–Trinajstić information content (AvgIpc) is 2.60. The van der Waals surface area contributed by atoms with Gasteiger partial charge in [-0.05, 0) is 13.8 Å². The summed E-state index contributed by atoms with van der Waals surface area (Å²) in [5.74, 6) is -0.786. The normalized spacial score (nSPS) is 45.4. The monoisotopic (exact) mass is 220 g/mol. The van der Waals surface area contributed by atoms with Crippen LogP contribution in [0.15, 0.2) is 0 Å². The third kappa shape index (κ3) is 1.89. The second kappa shape index (κ2) is 3.65. The van der Waals surface area contributed by atoms with E-state index in [1.165, 1.54) is 0 Å². The zero-order valence-electron chi connectivity index (χ0n) is 8.66. The van der Waals surface area contributed by atoms with Gasteiger partial charge in [0.25, 0.3) is 0 Å². The maximum absolute atomic E-state index is 9.79. The van der Waals surface area contributed by atoms with Crippen LogP contribution < -0.4 is 0 Å². The van der Waals surface area contributed by atoms with Gasteiger partial charge in [0, 0.05) is 0 Å². The minimum atomic E-state index is -1.12. The summed E-state index contributed by atoms with van der Waals surface area (Å²) in [6.45, 7) is 2.97. The molecule has 2 saturated heterocycles. The molecule has 0 spiro atoms. The number of ether oxygens (including phenoxy) is 3. The number of hydrogen-bond acceptors (Lipinski definition) is 6. The molecular weight excluding hydrogens is 204 g/mol. The van der Waals surface area contributed by atoms with E-state index in [0.717, 1.165) is 0 Å². The Morgan fingerprint density at radius 1 is 1.33 bits per heavy atom. The van der Waals surface area contributed by atoms with Crippen LogP contribution in [0, 0.1) is 0 Å². The number of rotatable bonds is 2. The van der Waals surface area contributed by atoms with Gasteiger partial charge < -0.3 is 29.5 Å². The molecular formula is C9H16O6. The van der Waals surface area contributed by atoms with Crippen LogP contribution in [0.25, 0.3) is 0 Å². The van der Waals surface area contributed by atoms with Crippen LogP contribution in [-0.2, 0) is 14.2 Å². The minimum absolute atomic E-state index is 0.468. The summed E-state index contributed by atoms with van der Waals surface area (Å²) in [5, 5.41) is 27.9. The quantitative estimate of drug-likeness (QED) is 0.529. The summed E-state index contributed by atoms with van der Waals surface area (Å²) in [5.41, 5.74) is 0. The van der Waals surface area contributed by atoms with Crippen LogP contribution in [-0.4, -0.2) is 58.4 Å². The van der Waals surface area contributed by atoms with Crippen molar-refractivity contribution < 1.29 is 29.5 Å². The topological polar surface area (TPSA) is 88.4 Å². The van der Waals surface area contributed by atoms with E-state index in [1.54, 1.807) is 13.8 Å². The molecule has 0 aromatic rings. The summed E-state index contributed by atoms with van der Waals surface area (Å²) < 4.78 is 16.1. The fourth-order valence-electron chi connectivity index (χ4n) is 1.94. The minimum Gasteiger partial charge on any atom is -0.394 e. The molecule has 88 valence electrons. The van der Waals surface area contributed by atoms with Crippen molar-refractivity contribution in [2.45, 2.75) is 50.3 Å². The van der Waals surface area contributed by atoms with E-state index in [0.29, 0.717) is 0 Å². The van der Waals surface area contributed by atoms with Gasteiger partial charge >= 0.3 is 0 Å². The Bertz CT molecular complexity index is 243. The highest BCUT2D eigenvalue weighted by atomic mass is 16.8. The van der Waals surface area contributed by atoms with E-state index >= 15 is 0 Å². The molecule has 2 aliphatic rings. The van der Waals surface area contributed by atoms with Crippen molar-refractivity contribution in [1.29, 1.82) is 0 Å². The highest BCUT2D eigenvalue weighted by Crippen LogP contribution is 2.38. The Kier molecular flexibility index (Phi) is 2.74. The lowest BCUT2D eigenvalue weighted by molar-refractivity contribution is -0.227. The number of hydrogen-bond donors (Lipinski definition) is 3. The van der Waals surface area contributed by atoms with Crippen LogP contribution >= 0.6 is 0 Å². The highest BCUT2D eigenvalue weighted by Gasteiger charge is 2.55. The van der Waals surface area contributed by atoms with Crippen LogP contribution in [0.5, 0.6) is 0 Å². The molecule has 2 fully saturated rings. The first kappa shape index (κ1) is 11.3. The van der Waals surface area contributed by atoms with Crippen LogP contribution in [0.4, 0.5) is 0 Å². The number of fused-ring (bicyclic) bond motifs is 1. The molecule has 0 radical (unpaired) electrons. The third-order valence-electron chi connectivity index (χ3n) is 2.62. The second-order valence-corrected chi connectivity index (χ2v) is 4.31. The predicted molar refractivity (Wildman–Crippen MR) is 47.8 cm³/mol. The second-order valence-electron chi connectivity index (χ2n) is 4.31. The summed E-state index contributed by atoms with van der Waals surface area (Å²) in [6, 6.07) is 0. The Hall–Kier alpha value is -0.240. The lowest BCUT2D eigenvalue weighted by Gasteiger charge is -2.24. The first-order valence-electron chi connectivity index (χ1n) is 4.93. The van der Waals surface area contributed by atoms with Gasteiger partial charge in [0.1, 0.15) is 24.4 Å². The Morgan fingerprint density at radius 3 is 2.53 bits per heavy atom. The van der Waals surface area contributed by atoms with Crippen LogP contribution in [0.3, 0.4) is 0 Å². The van der Waals surface area contributed by atoms with Gasteiger partial charge in [0.05, 0.1) is 6.61 Å². The van der Waals surface area contributed by atoms with E-state index in [1.807, 2.05) is 0 Å². The third-order valence-corrected chi connectivity index (χ3v) is 2.62. The van der Waals surface area contributed by atoms with E-state index in [2.05, 4.69) is 0 Å². The molecule has 6 heteroatoms. The molecule has 0 saturated carbocycles. The standard InChI is InChI=1S/C9H16O6/c1-9(2)14-7-5(12)6(4(11)3-10)13-8(7)15-9/h4-8,10-12H,3H2,1-2H3/t4?,5-,6-,7?,8-/m1/s1.